The van der Waals surface area contributed by atoms with Crippen LogP contribution in [-0.4, -0.2) is 36.7 Å². The van der Waals surface area contributed by atoms with Crippen LogP contribution in [0.5, 0.6) is 5.75 Å². The number of rotatable bonds is 4. The molecule has 0 aliphatic carbocycles. The summed E-state index contributed by atoms with van der Waals surface area (Å²) in [6.45, 7) is 4.97. The van der Waals surface area contributed by atoms with E-state index >= 15 is 0 Å². The smallest absolute Gasteiger partial charge is 0.204 e. The van der Waals surface area contributed by atoms with E-state index in [0.29, 0.717) is 0 Å². The van der Waals surface area contributed by atoms with Crippen LogP contribution in [0.4, 0.5) is 11.6 Å². The number of hydrogen-bond donors (Lipinski definition) is 1. The number of nitrogens with zero attached hydrogens (tertiary/aromatic N) is 3. The summed E-state index contributed by atoms with van der Waals surface area (Å²) in [5, 5.41) is 3.19. The molecule has 0 aromatic carbocycles. The van der Waals surface area contributed by atoms with Gasteiger partial charge < -0.3 is 15.0 Å². The van der Waals surface area contributed by atoms with Gasteiger partial charge in [0.1, 0.15) is 6.33 Å². The predicted octanol–water partition coefficient (Wildman–Crippen LogP) is 1.52. The van der Waals surface area contributed by atoms with Gasteiger partial charge in [-0.3, -0.25) is 0 Å². The number of hydrogen-bond acceptors (Lipinski definition) is 5. The first kappa shape index (κ1) is 11.0. The number of anilines is 2. The number of aromatic nitrogens is 2. The lowest BCUT2D eigenvalue weighted by Gasteiger charge is -2.20. The largest absolute Gasteiger partial charge is 0.490 e. The Labute approximate surface area is 95.8 Å². The Morgan fingerprint density at radius 1 is 1.38 bits per heavy atom. The Bertz CT molecular complexity index is 350. The van der Waals surface area contributed by atoms with Crippen LogP contribution in [0.1, 0.15) is 19.8 Å². The number of ether oxygens (including phenoxy) is 1. The van der Waals surface area contributed by atoms with Crippen molar-refractivity contribution < 1.29 is 4.74 Å². The van der Waals surface area contributed by atoms with Gasteiger partial charge in [0.2, 0.25) is 5.75 Å². The SMILES string of the molecule is CCNc1ncnc(N2CCCC2)c1OC. The van der Waals surface area contributed by atoms with Crippen LogP contribution < -0.4 is 15.0 Å². The molecule has 0 atom stereocenters. The van der Waals surface area contributed by atoms with Gasteiger partial charge in [0.25, 0.3) is 0 Å². The molecule has 1 aliphatic rings. The van der Waals surface area contributed by atoms with Crippen molar-refractivity contribution in [2.45, 2.75) is 19.8 Å². The molecule has 0 bridgehead atoms. The maximum Gasteiger partial charge on any atom is 0.204 e. The molecule has 0 radical (unpaired) electrons. The van der Waals surface area contributed by atoms with Crippen molar-refractivity contribution in [3.8, 4) is 5.75 Å². The van der Waals surface area contributed by atoms with Gasteiger partial charge in [-0.25, -0.2) is 9.97 Å². The molecule has 1 N–H and O–H groups in total. The molecule has 1 saturated heterocycles. The van der Waals surface area contributed by atoms with Gasteiger partial charge in [0.05, 0.1) is 7.11 Å². The van der Waals surface area contributed by atoms with Gasteiger partial charge in [-0.05, 0) is 19.8 Å². The fourth-order valence-electron chi connectivity index (χ4n) is 2.00. The highest BCUT2D eigenvalue weighted by Gasteiger charge is 2.20. The van der Waals surface area contributed by atoms with E-state index in [4.69, 9.17) is 4.74 Å². The average Bonchev–Trinajstić information content (AvgIpc) is 2.82. The Morgan fingerprint density at radius 3 is 2.75 bits per heavy atom. The lowest BCUT2D eigenvalue weighted by Crippen LogP contribution is -2.20. The zero-order valence-electron chi connectivity index (χ0n) is 9.86. The third-order valence-corrected chi connectivity index (χ3v) is 2.74. The molecule has 0 saturated carbocycles. The van der Waals surface area contributed by atoms with Crippen LogP contribution in [0.2, 0.25) is 0 Å². The Morgan fingerprint density at radius 2 is 2.12 bits per heavy atom. The minimum Gasteiger partial charge on any atom is -0.490 e. The molecule has 2 rings (SSSR count). The second-order valence-electron chi connectivity index (χ2n) is 3.80. The summed E-state index contributed by atoms with van der Waals surface area (Å²) >= 11 is 0. The molecule has 0 spiro atoms. The molecule has 88 valence electrons. The summed E-state index contributed by atoms with van der Waals surface area (Å²) in [4.78, 5) is 10.8. The third kappa shape index (κ3) is 2.03. The maximum absolute atomic E-state index is 5.41. The van der Waals surface area contributed by atoms with E-state index in [2.05, 4.69) is 20.2 Å². The van der Waals surface area contributed by atoms with Crippen molar-refractivity contribution in [1.82, 2.24) is 9.97 Å². The van der Waals surface area contributed by atoms with Crippen molar-refractivity contribution in [2.75, 3.05) is 37.0 Å². The molecule has 0 amide bonds. The van der Waals surface area contributed by atoms with E-state index in [1.807, 2.05) is 6.92 Å². The Kier molecular flexibility index (Phi) is 3.44. The highest BCUT2D eigenvalue weighted by Crippen LogP contribution is 2.33. The van der Waals surface area contributed by atoms with Crippen LogP contribution in [0.15, 0.2) is 6.33 Å². The minimum absolute atomic E-state index is 0.756. The fraction of sp³-hybridized carbons (Fsp3) is 0.636. The average molecular weight is 222 g/mol. The topological polar surface area (TPSA) is 50.3 Å². The van der Waals surface area contributed by atoms with E-state index < -0.39 is 0 Å². The van der Waals surface area contributed by atoms with Gasteiger partial charge >= 0.3 is 0 Å². The quantitative estimate of drug-likeness (QED) is 0.837. The van der Waals surface area contributed by atoms with Crippen LogP contribution >= 0.6 is 0 Å². The fourth-order valence-corrected chi connectivity index (χ4v) is 2.00. The molecule has 5 nitrogen and oxygen atoms in total. The molecule has 1 aromatic rings. The highest BCUT2D eigenvalue weighted by molar-refractivity contribution is 5.64. The number of methoxy groups -OCH3 is 1. The first-order chi connectivity index (χ1) is 7.86. The van der Waals surface area contributed by atoms with E-state index in [1.54, 1.807) is 13.4 Å². The molecule has 1 aliphatic heterocycles. The zero-order valence-corrected chi connectivity index (χ0v) is 9.86. The second kappa shape index (κ2) is 5.01. The molecular formula is C11H18N4O. The van der Waals surface area contributed by atoms with E-state index in [0.717, 1.165) is 37.0 Å². The molecule has 1 aromatic heterocycles. The predicted molar refractivity (Wildman–Crippen MR) is 64.2 cm³/mol. The summed E-state index contributed by atoms with van der Waals surface area (Å²) in [5.74, 6) is 2.44. The van der Waals surface area contributed by atoms with Gasteiger partial charge in [0, 0.05) is 19.6 Å². The van der Waals surface area contributed by atoms with Gasteiger partial charge in [-0.1, -0.05) is 0 Å². The van der Waals surface area contributed by atoms with E-state index in [-0.39, 0.29) is 0 Å². The summed E-state index contributed by atoms with van der Waals surface area (Å²) < 4.78 is 5.41. The van der Waals surface area contributed by atoms with Crippen molar-refractivity contribution in [2.24, 2.45) is 0 Å². The lowest BCUT2D eigenvalue weighted by molar-refractivity contribution is 0.413. The Balaban J connectivity index is 2.31. The standard InChI is InChI=1S/C11H18N4O/c1-3-12-10-9(16-2)11(14-8-13-10)15-6-4-5-7-15/h8H,3-7H2,1-2H3,(H,12,13,14). The summed E-state index contributed by atoms with van der Waals surface area (Å²) in [6.07, 6.45) is 4.04. The van der Waals surface area contributed by atoms with Crippen LogP contribution in [0.3, 0.4) is 0 Å². The minimum atomic E-state index is 0.756. The first-order valence-corrected chi connectivity index (χ1v) is 5.74. The second-order valence-corrected chi connectivity index (χ2v) is 3.80. The van der Waals surface area contributed by atoms with Gasteiger partial charge in [-0.2, -0.15) is 0 Å². The van der Waals surface area contributed by atoms with Crippen LogP contribution in [0.25, 0.3) is 0 Å². The molecule has 2 heterocycles. The molecule has 0 unspecified atom stereocenters. The van der Waals surface area contributed by atoms with Crippen molar-refractivity contribution >= 4 is 11.6 Å². The van der Waals surface area contributed by atoms with Gasteiger partial charge in [-0.15, -0.1) is 0 Å². The van der Waals surface area contributed by atoms with Crippen LogP contribution in [-0.2, 0) is 0 Å². The van der Waals surface area contributed by atoms with Crippen molar-refractivity contribution in [3.05, 3.63) is 6.33 Å². The molecular weight excluding hydrogens is 204 g/mol. The van der Waals surface area contributed by atoms with Gasteiger partial charge in [0.15, 0.2) is 11.6 Å². The van der Waals surface area contributed by atoms with Crippen molar-refractivity contribution in [3.63, 3.8) is 0 Å². The van der Waals surface area contributed by atoms with Crippen molar-refractivity contribution in [1.29, 1.82) is 0 Å². The van der Waals surface area contributed by atoms with E-state index in [1.165, 1.54) is 12.8 Å². The monoisotopic (exact) mass is 222 g/mol. The van der Waals surface area contributed by atoms with Crippen LogP contribution in [0, 0.1) is 0 Å². The molecule has 5 heteroatoms. The normalized spacial score (nSPS) is 15.2. The zero-order chi connectivity index (χ0) is 11.4. The molecule has 16 heavy (non-hydrogen) atoms. The lowest BCUT2D eigenvalue weighted by atomic mass is 10.4. The summed E-state index contributed by atoms with van der Waals surface area (Å²) in [6, 6.07) is 0. The summed E-state index contributed by atoms with van der Waals surface area (Å²) in [7, 11) is 1.67. The first-order valence-electron chi connectivity index (χ1n) is 5.74. The number of nitrogens with one attached hydrogen (secondary N) is 1. The maximum atomic E-state index is 5.41. The highest BCUT2D eigenvalue weighted by atomic mass is 16.5. The summed E-state index contributed by atoms with van der Waals surface area (Å²) in [5.41, 5.74) is 0. The Hall–Kier alpha value is -1.52. The molecule has 1 fully saturated rings. The third-order valence-electron chi connectivity index (χ3n) is 2.74. The van der Waals surface area contributed by atoms with E-state index in [9.17, 15) is 0 Å².